The van der Waals surface area contributed by atoms with Gasteiger partial charge in [0.2, 0.25) is 0 Å². The van der Waals surface area contributed by atoms with Crippen LogP contribution in [-0.2, 0) is 19.1 Å². The van der Waals surface area contributed by atoms with Crippen molar-refractivity contribution in [2.75, 3.05) is 18.5 Å². The highest BCUT2D eigenvalue weighted by molar-refractivity contribution is 6.09. The molecule has 1 saturated carbocycles. The summed E-state index contributed by atoms with van der Waals surface area (Å²) in [7, 11) is 0. The lowest BCUT2D eigenvalue weighted by atomic mass is 9.96. The van der Waals surface area contributed by atoms with Crippen LogP contribution in [0, 0.1) is 11.7 Å². The molecule has 1 saturated heterocycles. The van der Waals surface area contributed by atoms with Crippen LogP contribution in [0.2, 0.25) is 0 Å². The minimum Gasteiger partial charge on any atom is -0.454 e. The molecule has 154 valence electrons. The zero-order chi connectivity index (χ0) is 21.2. The van der Waals surface area contributed by atoms with Crippen LogP contribution in [0.25, 0.3) is 0 Å². The lowest BCUT2D eigenvalue weighted by molar-refractivity contribution is -0.150. The Kier molecular flexibility index (Phi) is 5.48. The Hall–Kier alpha value is -3.50. The van der Waals surface area contributed by atoms with Crippen molar-refractivity contribution in [2.45, 2.75) is 25.3 Å². The molecule has 1 aliphatic heterocycles. The molecule has 2 aliphatic rings. The van der Waals surface area contributed by atoms with E-state index in [1.54, 1.807) is 6.92 Å². The van der Waals surface area contributed by atoms with E-state index in [1.807, 2.05) is 5.32 Å². The van der Waals surface area contributed by atoms with Crippen molar-refractivity contribution >= 4 is 35.5 Å². The Balaban J connectivity index is 1.44. The van der Waals surface area contributed by atoms with Crippen molar-refractivity contribution in [3.8, 4) is 0 Å². The average molecular weight is 406 g/mol. The molecule has 0 radical (unpaired) electrons. The zero-order valence-corrected chi connectivity index (χ0v) is 15.5. The molecule has 0 unspecified atom stereocenters. The number of urea groups is 2. The number of halogens is 1. The first-order chi connectivity index (χ1) is 13.7. The largest absolute Gasteiger partial charge is 0.454 e. The summed E-state index contributed by atoms with van der Waals surface area (Å²) in [5, 5.41) is 6.58. The Morgan fingerprint density at radius 3 is 2.62 bits per heavy atom. The van der Waals surface area contributed by atoms with E-state index < -0.39 is 54.4 Å². The molecule has 0 aromatic heterocycles. The van der Waals surface area contributed by atoms with Gasteiger partial charge in [-0.1, -0.05) is 12.1 Å². The number of carbonyl (C=O) groups excluding carboxylic acids is 5. The predicted molar refractivity (Wildman–Crippen MR) is 95.9 cm³/mol. The molecule has 0 bridgehead atoms. The number of nitrogens with one attached hydrogen (secondary N) is 3. The van der Waals surface area contributed by atoms with Gasteiger partial charge in [-0.2, -0.15) is 0 Å². The summed E-state index contributed by atoms with van der Waals surface area (Å²) in [6, 6.07) is 3.64. The van der Waals surface area contributed by atoms with Crippen LogP contribution in [0.3, 0.4) is 0 Å². The molecule has 10 nitrogen and oxygen atoms in total. The van der Waals surface area contributed by atoms with Crippen LogP contribution >= 0.6 is 0 Å². The normalized spacial score (nSPS) is 20.8. The molecular formula is C18H19FN4O6. The minimum absolute atomic E-state index is 0.0405. The third-order valence-electron chi connectivity index (χ3n) is 4.72. The summed E-state index contributed by atoms with van der Waals surface area (Å²) in [5.41, 5.74) is -1.16. The molecule has 3 rings (SSSR count). The lowest BCUT2D eigenvalue weighted by Crippen LogP contribution is -2.46. The number of nitrogens with zero attached hydrogens (tertiary/aromatic N) is 1. The Morgan fingerprint density at radius 2 is 1.97 bits per heavy atom. The Bertz CT molecular complexity index is 887. The molecule has 6 amide bonds. The second-order valence-corrected chi connectivity index (χ2v) is 6.94. The van der Waals surface area contributed by atoms with E-state index in [1.165, 1.54) is 18.2 Å². The highest BCUT2D eigenvalue weighted by atomic mass is 19.1. The van der Waals surface area contributed by atoms with Crippen LogP contribution in [0.15, 0.2) is 24.3 Å². The van der Waals surface area contributed by atoms with Crippen molar-refractivity contribution < 1.29 is 33.1 Å². The van der Waals surface area contributed by atoms with E-state index in [0.717, 1.165) is 23.8 Å². The van der Waals surface area contributed by atoms with Crippen molar-refractivity contribution in [1.29, 1.82) is 0 Å². The number of amides is 6. The van der Waals surface area contributed by atoms with E-state index in [9.17, 15) is 28.4 Å². The van der Waals surface area contributed by atoms with Gasteiger partial charge in [0.05, 0.1) is 5.69 Å². The predicted octanol–water partition coefficient (Wildman–Crippen LogP) is 0.738. The van der Waals surface area contributed by atoms with Crippen molar-refractivity contribution in [2.24, 2.45) is 5.92 Å². The number of rotatable bonds is 6. The highest BCUT2D eigenvalue weighted by Crippen LogP contribution is 2.42. The molecule has 0 spiro atoms. The first-order valence-electron chi connectivity index (χ1n) is 8.86. The lowest BCUT2D eigenvalue weighted by Gasteiger charge is -2.20. The zero-order valence-electron chi connectivity index (χ0n) is 15.5. The Morgan fingerprint density at radius 1 is 1.28 bits per heavy atom. The molecule has 1 aromatic rings. The summed E-state index contributed by atoms with van der Waals surface area (Å²) in [6.07, 6.45) is 1.63. The fourth-order valence-electron chi connectivity index (χ4n) is 3.00. The number of benzene rings is 1. The van der Waals surface area contributed by atoms with Crippen molar-refractivity contribution in [1.82, 2.24) is 15.5 Å². The minimum atomic E-state index is -1.03. The molecule has 3 N–H and O–H groups in total. The summed E-state index contributed by atoms with van der Waals surface area (Å²) in [5.74, 6) is -3.12. The van der Waals surface area contributed by atoms with E-state index in [4.69, 9.17) is 4.74 Å². The van der Waals surface area contributed by atoms with Gasteiger partial charge >= 0.3 is 18.0 Å². The number of hydrogen-bond donors (Lipinski definition) is 3. The van der Waals surface area contributed by atoms with Gasteiger partial charge in [-0.25, -0.2) is 14.0 Å². The maximum Gasteiger partial charge on any atom is 0.326 e. The highest BCUT2D eigenvalue weighted by Gasteiger charge is 2.56. The fraction of sp³-hybridized carbons (Fsp3) is 0.389. The van der Waals surface area contributed by atoms with E-state index in [-0.39, 0.29) is 11.6 Å². The van der Waals surface area contributed by atoms with Crippen LogP contribution in [0.1, 0.15) is 19.8 Å². The maximum absolute atomic E-state index is 13.4. The molecule has 1 aliphatic carbocycles. The number of ether oxygens (including phenoxy) is 1. The third-order valence-corrected chi connectivity index (χ3v) is 4.72. The number of imide groups is 2. The van der Waals surface area contributed by atoms with Gasteiger partial charge in [0.1, 0.15) is 17.9 Å². The van der Waals surface area contributed by atoms with E-state index >= 15 is 0 Å². The molecule has 2 fully saturated rings. The topological polar surface area (TPSA) is 134 Å². The summed E-state index contributed by atoms with van der Waals surface area (Å²) >= 11 is 0. The third kappa shape index (κ3) is 4.50. The second-order valence-electron chi connectivity index (χ2n) is 6.94. The van der Waals surface area contributed by atoms with Crippen LogP contribution in [0.5, 0.6) is 0 Å². The molecule has 1 heterocycles. The van der Waals surface area contributed by atoms with E-state index in [2.05, 4.69) is 10.6 Å². The second kappa shape index (κ2) is 7.86. The number of esters is 1. The van der Waals surface area contributed by atoms with Gasteiger partial charge in [-0.15, -0.1) is 0 Å². The van der Waals surface area contributed by atoms with Crippen LogP contribution < -0.4 is 16.0 Å². The number of anilines is 1. The van der Waals surface area contributed by atoms with Gasteiger partial charge < -0.3 is 15.4 Å². The number of carbonyl (C=O) groups is 5. The van der Waals surface area contributed by atoms with Gasteiger partial charge in [-0.3, -0.25) is 24.6 Å². The first kappa shape index (κ1) is 20.2. The van der Waals surface area contributed by atoms with Crippen molar-refractivity contribution in [3.63, 3.8) is 0 Å². The fourth-order valence-corrected chi connectivity index (χ4v) is 3.00. The molecular weight excluding hydrogens is 387 g/mol. The van der Waals surface area contributed by atoms with Crippen LogP contribution in [-0.4, -0.2) is 53.4 Å². The SMILES string of the molecule is C[C@@]1(C2CC2)NC(=O)N(CC(=O)OCC(=O)NC(=O)Nc2ccccc2F)C1=O. The van der Waals surface area contributed by atoms with Gasteiger partial charge in [0.25, 0.3) is 11.8 Å². The summed E-state index contributed by atoms with van der Waals surface area (Å²) in [6.45, 7) is 0.145. The quantitative estimate of drug-likeness (QED) is 0.471. The molecule has 1 atom stereocenters. The molecule has 11 heteroatoms. The van der Waals surface area contributed by atoms with Gasteiger partial charge in [-0.05, 0) is 37.8 Å². The summed E-state index contributed by atoms with van der Waals surface area (Å²) in [4.78, 5) is 60.4. The van der Waals surface area contributed by atoms with Crippen LogP contribution in [0.4, 0.5) is 19.7 Å². The Labute approximate surface area is 164 Å². The monoisotopic (exact) mass is 406 g/mol. The average Bonchev–Trinajstić information content (AvgIpc) is 3.48. The summed E-state index contributed by atoms with van der Waals surface area (Å²) < 4.78 is 18.1. The number of para-hydroxylation sites is 1. The molecule has 29 heavy (non-hydrogen) atoms. The smallest absolute Gasteiger partial charge is 0.326 e. The maximum atomic E-state index is 13.4. The van der Waals surface area contributed by atoms with E-state index in [0.29, 0.717) is 0 Å². The molecule has 1 aromatic carbocycles. The van der Waals surface area contributed by atoms with Gasteiger partial charge in [0.15, 0.2) is 6.61 Å². The standard InChI is InChI=1S/C18H19FN4O6/c1-18(10-6-7-10)15(26)23(17(28)22-18)8-14(25)29-9-13(24)21-16(27)20-12-5-3-2-4-11(12)19/h2-5,10H,6-9H2,1H3,(H,22,28)(H2,20,21,24,27)/t18-/m0/s1. The number of hydrogen-bond acceptors (Lipinski definition) is 6. The first-order valence-corrected chi connectivity index (χ1v) is 8.86. The van der Waals surface area contributed by atoms with Gasteiger partial charge in [0, 0.05) is 0 Å². The van der Waals surface area contributed by atoms with Crippen molar-refractivity contribution in [3.05, 3.63) is 30.1 Å².